The second-order valence-corrected chi connectivity index (χ2v) is 10.6. The second-order valence-electron chi connectivity index (χ2n) is 7.08. The summed E-state index contributed by atoms with van der Waals surface area (Å²) in [5.41, 5.74) is 0.953. The molecule has 0 fully saturated rings. The van der Waals surface area contributed by atoms with E-state index in [0.29, 0.717) is 13.0 Å². The summed E-state index contributed by atoms with van der Waals surface area (Å²) >= 11 is 11.0. The van der Waals surface area contributed by atoms with Gasteiger partial charge in [0.05, 0.1) is 10.2 Å². The molecular formula is C22H26ClN3OS3. The summed E-state index contributed by atoms with van der Waals surface area (Å²) in [5.74, 6) is 1.03. The van der Waals surface area contributed by atoms with Gasteiger partial charge in [-0.15, -0.1) is 23.5 Å². The number of nitrogens with zero attached hydrogens (tertiary/aromatic N) is 3. The van der Waals surface area contributed by atoms with Crippen molar-refractivity contribution in [3.05, 3.63) is 47.5 Å². The van der Waals surface area contributed by atoms with Crippen molar-refractivity contribution in [3.63, 3.8) is 0 Å². The first-order valence-electron chi connectivity index (χ1n) is 9.74. The van der Waals surface area contributed by atoms with Crippen LogP contribution in [0.1, 0.15) is 12.8 Å². The van der Waals surface area contributed by atoms with Crippen molar-refractivity contribution < 1.29 is 4.79 Å². The maximum atomic E-state index is 13.1. The molecule has 2 aromatic carbocycles. The van der Waals surface area contributed by atoms with Gasteiger partial charge in [0.25, 0.3) is 0 Å². The van der Waals surface area contributed by atoms with Gasteiger partial charge in [0.2, 0.25) is 5.91 Å². The van der Waals surface area contributed by atoms with Gasteiger partial charge < -0.3 is 4.90 Å². The average Bonchev–Trinajstić information content (AvgIpc) is 3.15. The summed E-state index contributed by atoms with van der Waals surface area (Å²) in [4.78, 5) is 24.1. The molecule has 0 aliphatic rings. The highest BCUT2D eigenvalue weighted by Gasteiger charge is 2.19. The fourth-order valence-electron chi connectivity index (χ4n) is 2.84. The van der Waals surface area contributed by atoms with Crippen LogP contribution in [0, 0.1) is 0 Å². The van der Waals surface area contributed by atoms with E-state index in [9.17, 15) is 4.79 Å². The van der Waals surface area contributed by atoms with Gasteiger partial charge in [0, 0.05) is 34.3 Å². The summed E-state index contributed by atoms with van der Waals surface area (Å²) in [7, 11) is 4.04. The molecule has 8 heteroatoms. The Hall–Kier alpha value is -1.25. The fourth-order valence-corrected chi connectivity index (χ4v) is 5.38. The van der Waals surface area contributed by atoms with E-state index in [1.807, 2.05) is 49.3 Å². The molecule has 0 atom stereocenters. The number of carbonyl (C=O) groups is 1. The van der Waals surface area contributed by atoms with Crippen LogP contribution in [0.4, 0.5) is 5.13 Å². The van der Waals surface area contributed by atoms with Crippen molar-refractivity contribution in [2.75, 3.05) is 44.1 Å². The zero-order chi connectivity index (χ0) is 21.5. The van der Waals surface area contributed by atoms with E-state index in [1.54, 1.807) is 34.9 Å². The fraction of sp³-hybridized carbons (Fsp3) is 0.364. The Kier molecular flexibility index (Phi) is 8.89. The van der Waals surface area contributed by atoms with E-state index in [1.165, 1.54) is 9.79 Å². The first-order valence-corrected chi connectivity index (χ1v) is 13.1. The van der Waals surface area contributed by atoms with Crippen molar-refractivity contribution in [2.45, 2.75) is 22.6 Å². The minimum Gasteiger partial charge on any atom is -0.308 e. The van der Waals surface area contributed by atoms with Crippen LogP contribution in [0.15, 0.2) is 52.3 Å². The van der Waals surface area contributed by atoms with Gasteiger partial charge in [0.1, 0.15) is 0 Å². The smallest absolute Gasteiger partial charge is 0.228 e. The first-order chi connectivity index (χ1) is 14.5. The van der Waals surface area contributed by atoms with Crippen LogP contribution in [-0.4, -0.2) is 55.0 Å². The quantitative estimate of drug-likeness (QED) is 0.258. The normalized spacial score (nSPS) is 11.4. The van der Waals surface area contributed by atoms with E-state index in [-0.39, 0.29) is 5.91 Å². The molecule has 0 aliphatic carbocycles. The van der Waals surface area contributed by atoms with Crippen LogP contribution in [-0.2, 0) is 4.79 Å². The number of hydrogen-bond donors (Lipinski definition) is 0. The molecule has 3 rings (SSSR count). The van der Waals surface area contributed by atoms with Gasteiger partial charge in [-0.05, 0) is 75.0 Å². The maximum Gasteiger partial charge on any atom is 0.228 e. The molecule has 1 aromatic heterocycles. The zero-order valence-corrected chi connectivity index (χ0v) is 20.6. The first kappa shape index (κ1) is 23.4. The molecule has 0 saturated heterocycles. The number of benzene rings is 2. The predicted molar refractivity (Wildman–Crippen MR) is 134 cm³/mol. The molecule has 0 unspecified atom stereocenters. The van der Waals surface area contributed by atoms with Crippen LogP contribution in [0.5, 0.6) is 0 Å². The topological polar surface area (TPSA) is 36.4 Å². The number of likely N-dealkylation sites (N-methyl/N-ethyl adjacent to an activating group) is 1. The predicted octanol–water partition coefficient (Wildman–Crippen LogP) is 6.14. The van der Waals surface area contributed by atoms with Crippen LogP contribution < -0.4 is 4.90 Å². The molecule has 0 saturated carbocycles. The zero-order valence-electron chi connectivity index (χ0n) is 17.4. The lowest BCUT2D eigenvalue weighted by atomic mass is 10.3. The molecule has 1 amide bonds. The molecule has 0 bridgehead atoms. The highest BCUT2D eigenvalue weighted by atomic mass is 35.5. The van der Waals surface area contributed by atoms with Gasteiger partial charge in [-0.2, -0.15) is 0 Å². The third kappa shape index (κ3) is 6.62. The van der Waals surface area contributed by atoms with Crippen LogP contribution >= 0.6 is 46.5 Å². The van der Waals surface area contributed by atoms with E-state index in [4.69, 9.17) is 16.6 Å². The number of carbonyl (C=O) groups excluding carboxylic acids is 1. The number of fused-ring (bicyclic) bond motifs is 1. The summed E-state index contributed by atoms with van der Waals surface area (Å²) in [6, 6.07) is 14.1. The molecular weight excluding hydrogens is 454 g/mol. The van der Waals surface area contributed by atoms with E-state index >= 15 is 0 Å². The van der Waals surface area contributed by atoms with E-state index < -0.39 is 0 Å². The molecule has 30 heavy (non-hydrogen) atoms. The Labute approximate surface area is 196 Å². The Morgan fingerprint density at radius 2 is 1.83 bits per heavy atom. The third-order valence-corrected chi connectivity index (χ3v) is 7.62. The van der Waals surface area contributed by atoms with Gasteiger partial charge in [-0.1, -0.05) is 22.9 Å². The molecule has 0 radical (unpaired) electrons. The van der Waals surface area contributed by atoms with Crippen LogP contribution in [0.3, 0.4) is 0 Å². The highest BCUT2D eigenvalue weighted by molar-refractivity contribution is 7.99. The third-order valence-electron chi connectivity index (χ3n) is 4.50. The lowest BCUT2D eigenvalue weighted by Gasteiger charge is -2.22. The number of amides is 1. The van der Waals surface area contributed by atoms with Crippen molar-refractivity contribution in [3.8, 4) is 0 Å². The SMILES string of the molecule is CSc1ccc2nc(N(CCN(C)C)C(=O)CCCSc3ccc(Cl)cc3)sc2c1. The average molecular weight is 480 g/mol. The van der Waals surface area contributed by atoms with Gasteiger partial charge in [-0.25, -0.2) is 4.98 Å². The van der Waals surface area contributed by atoms with Crippen molar-refractivity contribution >= 4 is 67.7 Å². The van der Waals surface area contributed by atoms with Gasteiger partial charge in [-0.3, -0.25) is 9.69 Å². The standard InChI is InChI=1S/C22H26ClN3OS3/c1-25(2)12-13-26(22-24-19-11-10-18(28-3)15-20(19)30-22)21(27)5-4-14-29-17-8-6-16(23)7-9-17/h6-11,15H,4-5,12-14H2,1-3H3. The minimum atomic E-state index is 0.137. The Bertz CT molecular complexity index is 975. The number of thioether (sulfide) groups is 2. The molecule has 4 nitrogen and oxygen atoms in total. The summed E-state index contributed by atoms with van der Waals surface area (Å²) in [6.45, 7) is 1.45. The molecule has 160 valence electrons. The molecule has 0 spiro atoms. The van der Waals surface area contributed by atoms with Crippen molar-refractivity contribution in [1.29, 1.82) is 0 Å². The highest BCUT2D eigenvalue weighted by Crippen LogP contribution is 2.32. The number of hydrogen-bond acceptors (Lipinski definition) is 6. The number of halogens is 1. The minimum absolute atomic E-state index is 0.137. The summed E-state index contributed by atoms with van der Waals surface area (Å²) in [6.07, 6.45) is 3.41. The van der Waals surface area contributed by atoms with E-state index in [0.717, 1.165) is 39.1 Å². The number of thiazole rings is 1. The van der Waals surface area contributed by atoms with Gasteiger partial charge in [0.15, 0.2) is 5.13 Å². The van der Waals surface area contributed by atoms with E-state index in [2.05, 4.69) is 23.3 Å². The monoisotopic (exact) mass is 479 g/mol. The molecule has 0 aliphatic heterocycles. The lowest BCUT2D eigenvalue weighted by Crippen LogP contribution is -2.36. The Morgan fingerprint density at radius 1 is 1.10 bits per heavy atom. The van der Waals surface area contributed by atoms with Crippen LogP contribution in [0.2, 0.25) is 5.02 Å². The Morgan fingerprint density at radius 3 is 2.53 bits per heavy atom. The van der Waals surface area contributed by atoms with Crippen molar-refractivity contribution in [2.24, 2.45) is 0 Å². The number of rotatable bonds is 10. The maximum absolute atomic E-state index is 13.1. The largest absolute Gasteiger partial charge is 0.308 e. The number of aromatic nitrogens is 1. The molecule has 1 heterocycles. The van der Waals surface area contributed by atoms with Crippen molar-refractivity contribution in [1.82, 2.24) is 9.88 Å². The van der Waals surface area contributed by atoms with Crippen LogP contribution in [0.25, 0.3) is 10.2 Å². The molecule has 3 aromatic rings. The van der Waals surface area contributed by atoms with Gasteiger partial charge >= 0.3 is 0 Å². The number of anilines is 1. The lowest BCUT2D eigenvalue weighted by molar-refractivity contribution is -0.118. The summed E-state index contributed by atoms with van der Waals surface area (Å²) in [5, 5.41) is 1.53. The summed E-state index contributed by atoms with van der Waals surface area (Å²) < 4.78 is 1.12. The Balaban J connectivity index is 1.64. The molecule has 0 N–H and O–H groups in total. The second kappa shape index (κ2) is 11.4.